The summed E-state index contributed by atoms with van der Waals surface area (Å²) in [6.45, 7) is 0.982. The third-order valence-electron chi connectivity index (χ3n) is 6.26. The van der Waals surface area contributed by atoms with E-state index in [0.29, 0.717) is 18.8 Å². The molecule has 3 aromatic carbocycles. The molecule has 204 valence electrons. The van der Waals surface area contributed by atoms with E-state index in [2.05, 4.69) is 0 Å². The van der Waals surface area contributed by atoms with Crippen LogP contribution in [0.4, 0.5) is 11.4 Å². The SMILES string of the molecule is COc1ccc([C@H]2Sc3ccccc3N(CCN(C)C)C(=O)[C@H]2OC(=O)c2ccc([N+](=O)[O-])c(OC)c2)cc1. The van der Waals surface area contributed by atoms with Gasteiger partial charge in [0.25, 0.3) is 5.91 Å². The topological polar surface area (TPSA) is 111 Å². The second kappa shape index (κ2) is 12.2. The maximum atomic E-state index is 14.1. The summed E-state index contributed by atoms with van der Waals surface area (Å²) in [7, 11) is 6.69. The Morgan fingerprint density at radius 2 is 1.77 bits per heavy atom. The number of benzene rings is 3. The molecule has 0 radical (unpaired) electrons. The number of hydrogen-bond acceptors (Lipinski definition) is 9. The number of anilines is 1. The Balaban J connectivity index is 1.76. The first kappa shape index (κ1) is 27.9. The van der Waals surface area contributed by atoms with Gasteiger partial charge in [-0.05, 0) is 50.0 Å². The molecule has 0 N–H and O–H groups in total. The normalized spacial score (nSPS) is 16.8. The van der Waals surface area contributed by atoms with Gasteiger partial charge in [-0.2, -0.15) is 0 Å². The number of nitro benzene ring substituents is 1. The number of likely N-dealkylation sites (N-methyl/N-ethyl adjacent to an activating group) is 1. The molecular weight excluding hydrogens is 522 g/mol. The first-order valence-electron chi connectivity index (χ1n) is 12.1. The average Bonchev–Trinajstić information content (AvgIpc) is 3.05. The van der Waals surface area contributed by atoms with Crippen molar-refractivity contribution in [2.24, 2.45) is 0 Å². The number of methoxy groups -OCH3 is 2. The number of esters is 1. The van der Waals surface area contributed by atoms with E-state index in [0.717, 1.165) is 16.1 Å². The summed E-state index contributed by atoms with van der Waals surface area (Å²) >= 11 is 1.44. The van der Waals surface area contributed by atoms with Crippen LogP contribution < -0.4 is 14.4 Å². The third kappa shape index (κ3) is 6.15. The molecule has 1 heterocycles. The molecule has 0 bridgehead atoms. The summed E-state index contributed by atoms with van der Waals surface area (Å²) in [5, 5.41) is 10.7. The molecular formula is C28H29N3O7S. The summed E-state index contributed by atoms with van der Waals surface area (Å²) in [4.78, 5) is 42.7. The average molecular weight is 552 g/mol. The van der Waals surface area contributed by atoms with Crippen LogP contribution in [0.1, 0.15) is 21.2 Å². The van der Waals surface area contributed by atoms with E-state index in [-0.39, 0.29) is 22.9 Å². The van der Waals surface area contributed by atoms with Crippen LogP contribution in [0.15, 0.2) is 71.6 Å². The maximum absolute atomic E-state index is 14.1. The van der Waals surface area contributed by atoms with Crippen molar-refractivity contribution in [1.29, 1.82) is 0 Å². The van der Waals surface area contributed by atoms with Gasteiger partial charge in [-0.15, -0.1) is 11.8 Å². The number of ether oxygens (including phenoxy) is 3. The number of nitrogens with zero attached hydrogens (tertiary/aromatic N) is 3. The smallest absolute Gasteiger partial charge is 0.339 e. The number of carbonyl (C=O) groups excluding carboxylic acids is 2. The second-order valence-electron chi connectivity index (χ2n) is 9.04. The van der Waals surface area contributed by atoms with E-state index in [1.54, 1.807) is 24.1 Å². The fourth-order valence-corrected chi connectivity index (χ4v) is 5.52. The van der Waals surface area contributed by atoms with Crippen molar-refractivity contribution in [2.75, 3.05) is 46.3 Å². The zero-order chi connectivity index (χ0) is 28.1. The molecule has 3 aromatic rings. The number of nitro groups is 1. The Hall–Kier alpha value is -4.09. The highest BCUT2D eigenvalue weighted by atomic mass is 32.2. The van der Waals surface area contributed by atoms with Crippen molar-refractivity contribution < 1.29 is 28.7 Å². The number of rotatable bonds is 9. The van der Waals surface area contributed by atoms with E-state index in [9.17, 15) is 19.7 Å². The lowest BCUT2D eigenvalue weighted by Crippen LogP contribution is -2.45. The Kier molecular flexibility index (Phi) is 8.72. The van der Waals surface area contributed by atoms with E-state index in [1.165, 1.54) is 37.1 Å². The Labute approximate surface area is 230 Å². The molecule has 11 heteroatoms. The first-order valence-corrected chi connectivity index (χ1v) is 13.0. The van der Waals surface area contributed by atoms with Crippen LogP contribution in [0.3, 0.4) is 0 Å². The quantitative estimate of drug-likeness (QED) is 0.214. The highest BCUT2D eigenvalue weighted by Gasteiger charge is 2.41. The number of carbonyl (C=O) groups is 2. The summed E-state index contributed by atoms with van der Waals surface area (Å²) in [5.41, 5.74) is 1.27. The zero-order valence-corrected chi connectivity index (χ0v) is 22.8. The van der Waals surface area contributed by atoms with Crippen LogP contribution in [0, 0.1) is 10.1 Å². The van der Waals surface area contributed by atoms with Gasteiger partial charge in [0.05, 0.1) is 35.6 Å². The molecule has 0 unspecified atom stereocenters. The standard InChI is InChI=1S/C28H29N3O7S/c1-29(2)15-16-30-22-7-5-6-8-24(22)39-26(18-9-12-20(36-3)13-10-18)25(27(30)32)38-28(33)19-11-14-21(31(34)35)23(17-19)37-4/h5-14,17,25-26H,15-16H2,1-4H3/t25-,26+/m0/s1. The molecule has 0 fully saturated rings. The van der Waals surface area contributed by atoms with Crippen LogP contribution in [-0.2, 0) is 9.53 Å². The molecule has 4 rings (SSSR count). The van der Waals surface area contributed by atoms with E-state index >= 15 is 0 Å². The molecule has 0 saturated carbocycles. The minimum atomic E-state index is -1.19. The van der Waals surface area contributed by atoms with E-state index in [1.807, 2.05) is 55.4 Å². The van der Waals surface area contributed by atoms with Crippen molar-refractivity contribution in [3.63, 3.8) is 0 Å². The zero-order valence-electron chi connectivity index (χ0n) is 22.0. The van der Waals surface area contributed by atoms with Crippen molar-refractivity contribution in [3.05, 3.63) is 88.0 Å². The first-order chi connectivity index (χ1) is 18.7. The van der Waals surface area contributed by atoms with Gasteiger partial charge in [-0.3, -0.25) is 14.9 Å². The fourth-order valence-electron chi connectivity index (χ4n) is 4.20. The summed E-state index contributed by atoms with van der Waals surface area (Å²) < 4.78 is 16.3. The maximum Gasteiger partial charge on any atom is 0.339 e. The van der Waals surface area contributed by atoms with Gasteiger partial charge in [0, 0.05) is 30.1 Å². The van der Waals surface area contributed by atoms with Crippen molar-refractivity contribution in [1.82, 2.24) is 4.90 Å². The lowest BCUT2D eigenvalue weighted by atomic mass is 10.0. The minimum Gasteiger partial charge on any atom is -0.497 e. The highest BCUT2D eigenvalue weighted by Crippen LogP contribution is 2.47. The fraction of sp³-hybridized carbons (Fsp3) is 0.286. The number of thioether (sulfide) groups is 1. The lowest BCUT2D eigenvalue weighted by Gasteiger charge is -2.28. The molecule has 0 aromatic heterocycles. The van der Waals surface area contributed by atoms with Crippen LogP contribution in [-0.4, -0.2) is 69.2 Å². The number of fused-ring (bicyclic) bond motifs is 1. The van der Waals surface area contributed by atoms with Gasteiger partial charge in [-0.1, -0.05) is 24.3 Å². The molecule has 10 nitrogen and oxygen atoms in total. The molecule has 39 heavy (non-hydrogen) atoms. The van der Waals surface area contributed by atoms with Crippen LogP contribution in [0.2, 0.25) is 0 Å². The molecule has 0 saturated heterocycles. The van der Waals surface area contributed by atoms with E-state index < -0.39 is 22.2 Å². The number of amides is 1. The third-order valence-corrected chi connectivity index (χ3v) is 7.63. The summed E-state index contributed by atoms with van der Waals surface area (Å²) in [5.74, 6) is -0.581. The van der Waals surface area contributed by atoms with Gasteiger partial charge in [-0.25, -0.2) is 4.79 Å². The summed E-state index contributed by atoms with van der Waals surface area (Å²) in [6, 6.07) is 18.6. The van der Waals surface area contributed by atoms with Crippen molar-refractivity contribution in [2.45, 2.75) is 16.2 Å². The van der Waals surface area contributed by atoms with Crippen molar-refractivity contribution >= 4 is 35.0 Å². The molecule has 0 spiro atoms. The molecule has 1 aliphatic rings. The predicted octanol–water partition coefficient (Wildman–Crippen LogP) is 4.58. The Morgan fingerprint density at radius 3 is 2.41 bits per heavy atom. The second-order valence-corrected chi connectivity index (χ2v) is 10.2. The Morgan fingerprint density at radius 1 is 1.05 bits per heavy atom. The highest BCUT2D eigenvalue weighted by molar-refractivity contribution is 7.99. The van der Waals surface area contributed by atoms with Gasteiger partial charge in [0.1, 0.15) is 5.75 Å². The summed E-state index contributed by atoms with van der Waals surface area (Å²) in [6.07, 6.45) is -1.19. The van der Waals surface area contributed by atoms with Crippen LogP contribution in [0.5, 0.6) is 11.5 Å². The predicted molar refractivity (Wildman–Crippen MR) is 148 cm³/mol. The Bertz CT molecular complexity index is 1360. The van der Waals surface area contributed by atoms with Gasteiger partial charge in [0.2, 0.25) is 0 Å². The monoisotopic (exact) mass is 551 g/mol. The number of hydrogen-bond donors (Lipinski definition) is 0. The molecule has 2 atom stereocenters. The molecule has 1 aliphatic heterocycles. The van der Waals surface area contributed by atoms with Gasteiger partial charge >= 0.3 is 11.7 Å². The van der Waals surface area contributed by atoms with Crippen LogP contribution >= 0.6 is 11.8 Å². The van der Waals surface area contributed by atoms with Crippen LogP contribution in [0.25, 0.3) is 0 Å². The van der Waals surface area contributed by atoms with Gasteiger partial charge < -0.3 is 24.0 Å². The molecule has 0 aliphatic carbocycles. The van der Waals surface area contributed by atoms with E-state index in [4.69, 9.17) is 14.2 Å². The largest absolute Gasteiger partial charge is 0.497 e. The number of para-hydroxylation sites is 1. The van der Waals surface area contributed by atoms with Gasteiger partial charge in [0.15, 0.2) is 11.9 Å². The van der Waals surface area contributed by atoms with Crippen molar-refractivity contribution in [3.8, 4) is 11.5 Å². The molecule has 1 amide bonds. The lowest BCUT2D eigenvalue weighted by molar-refractivity contribution is -0.385. The minimum absolute atomic E-state index is 0.0327.